The second-order valence-electron chi connectivity index (χ2n) is 3.45. The van der Waals surface area contributed by atoms with E-state index in [9.17, 15) is 4.79 Å². The molecule has 7 nitrogen and oxygen atoms in total. The van der Waals surface area contributed by atoms with E-state index in [0.717, 1.165) is 5.69 Å². The molecule has 3 aromatic heterocycles. The van der Waals surface area contributed by atoms with Gasteiger partial charge in [0.05, 0.1) is 11.9 Å². The lowest BCUT2D eigenvalue weighted by molar-refractivity contribution is 1.04. The van der Waals surface area contributed by atoms with Crippen molar-refractivity contribution in [1.82, 2.24) is 24.5 Å². The molecule has 0 saturated carbocycles. The summed E-state index contributed by atoms with van der Waals surface area (Å²) in [7, 11) is 0. The number of rotatable bonds is 1. The first kappa shape index (κ1) is 9.52. The third-order valence-electron chi connectivity index (χ3n) is 2.35. The van der Waals surface area contributed by atoms with Crippen LogP contribution in [0.5, 0.6) is 0 Å². The molecule has 0 aromatic carbocycles. The highest BCUT2D eigenvalue weighted by Crippen LogP contribution is 2.12. The highest BCUT2D eigenvalue weighted by Gasteiger charge is 2.10. The van der Waals surface area contributed by atoms with E-state index in [-0.39, 0.29) is 17.0 Å². The molecule has 84 valence electrons. The Labute approximate surface area is 95.0 Å². The Bertz CT molecular complexity index is 729. The Hall–Kier alpha value is -2.70. The molecule has 0 saturated heterocycles. The van der Waals surface area contributed by atoms with Crippen molar-refractivity contribution in [2.45, 2.75) is 0 Å². The van der Waals surface area contributed by atoms with Crippen LogP contribution in [-0.4, -0.2) is 24.5 Å². The average molecular weight is 228 g/mol. The van der Waals surface area contributed by atoms with Gasteiger partial charge in [0.25, 0.3) is 5.56 Å². The van der Waals surface area contributed by atoms with Crippen LogP contribution in [0, 0.1) is 0 Å². The third-order valence-corrected chi connectivity index (χ3v) is 2.35. The normalized spacial score (nSPS) is 10.8. The minimum atomic E-state index is -0.352. The number of pyridine rings is 1. The van der Waals surface area contributed by atoms with Crippen molar-refractivity contribution in [1.29, 1.82) is 0 Å². The molecule has 3 heterocycles. The van der Waals surface area contributed by atoms with E-state index in [1.807, 2.05) is 6.07 Å². The van der Waals surface area contributed by atoms with E-state index < -0.39 is 0 Å². The van der Waals surface area contributed by atoms with Crippen molar-refractivity contribution in [2.24, 2.45) is 0 Å². The molecule has 0 fully saturated rings. The minimum absolute atomic E-state index is 0.0631. The van der Waals surface area contributed by atoms with Crippen molar-refractivity contribution in [3.8, 4) is 5.69 Å². The SMILES string of the molecule is Nc1nc2c(ncn2-c2cccnc2)c(=O)[nH]1. The van der Waals surface area contributed by atoms with Gasteiger partial charge in [0, 0.05) is 6.20 Å². The largest absolute Gasteiger partial charge is 0.369 e. The lowest BCUT2D eigenvalue weighted by Crippen LogP contribution is -2.12. The van der Waals surface area contributed by atoms with E-state index >= 15 is 0 Å². The van der Waals surface area contributed by atoms with Crippen LogP contribution in [0.1, 0.15) is 0 Å². The molecule has 0 aliphatic carbocycles. The smallest absolute Gasteiger partial charge is 0.280 e. The van der Waals surface area contributed by atoms with Gasteiger partial charge in [-0.15, -0.1) is 0 Å². The molecule has 17 heavy (non-hydrogen) atoms. The fourth-order valence-electron chi connectivity index (χ4n) is 1.61. The van der Waals surface area contributed by atoms with Gasteiger partial charge in [-0.25, -0.2) is 4.98 Å². The van der Waals surface area contributed by atoms with Gasteiger partial charge in [-0.3, -0.25) is 19.3 Å². The topological polar surface area (TPSA) is 102 Å². The monoisotopic (exact) mass is 228 g/mol. The van der Waals surface area contributed by atoms with E-state index in [1.165, 1.54) is 6.33 Å². The number of imidazole rings is 1. The zero-order chi connectivity index (χ0) is 11.8. The number of aromatic nitrogens is 5. The van der Waals surface area contributed by atoms with Crippen LogP contribution < -0.4 is 11.3 Å². The number of H-pyrrole nitrogens is 1. The summed E-state index contributed by atoms with van der Waals surface area (Å²) in [5.41, 5.74) is 6.60. The summed E-state index contributed by atoms with van der Waals surface area (Å²) >= 11 is 0. The van der Waals surface area contributed by atoms with Crippen molar-refractivity contribution in [3.05, 3.63) is 41.2 Å². The summed E-state index contributed by atoms with van der Waals surface area (Å²) in [6.45, 7) is 0. The molecule has 0 amide bonds. The van der Waals surface area contributed by atoms with Crippen LogP contribution in [0.3, 0.4) is 0 Å². The maximum Gasteiger partial charge on any atom is 0.280 e. The summed E-state index contributed by atoms with van der Waals surface area (Å²) in [6, 6.07) is 3.63. The van der Waals surface area contributed by atoms with Crippen molar-refractivity contribution in [3.63, 3.8) is 0 Å². The van der Waals surface area contributed by atoms with Gasteiger partial charge in [-0.2, -0.15) is 4.98 Å². The molecule has 0 aliphatic rings. The summed E-state index contributed by atoms with van der Waals surface area (Å²) in [6.07, 6.45) is 4.83. The maximum absolute atomic E-state index is 11.6. The molecule has 0 bridgehead atoms. The highest BCUT2D eigenvalue weighted by molar-refractivity contribution is 5.72. The van der Waals surface area contributed by atoms with Gasteiger partial charge in [-0.05, 0) is 12.1 Å². The number of hydrogen-bond donors (Lipinski definition) is 2. The number of anilines is 1. The molecule has 0 radical (unpaired) electrons. The molecule has 3 aromatic rings. The van der Waals surface area contributed by atoms with Crippen molar-refractivity contribution >= 4 is 17.1 Å². The standard InChI is InChI=1S/C10H8N6O/c11-10-14-8-7(9(17)15-10)13-5-16(8)6-2-1-3-12-4-6/h1-5H,(H3,11,14,15,17). The summed E-state index contributed by atoms with van der Waals surface area (Å²) in [5.74, 6) is 0.0631. The second kappa shape index (κ2) is 3.41. The third kappa shape index (κ3) is 1.44. The quantitative estimate of drug-likeness (QED) is 0.614. The molecular formula is C10H8N6O. The number of aromatic amines is 1. The summed E-state index contributed by atoms with van der Waals surface area (Å²) < 4.78 is 1.66. The number of nitrogens with two attached hydrogens (primary N) is 1. The summed E-state index contributed by atoms with van der Waals surface area (Å²) in [4.78, 5) is 26.1. The fraction of sp³-hybridized carbons (Fsp3) is 0. The minimum Gasteiger partial charge on any atom is -0.369 e. The molecular weight excluding hydrogens is 220 g/mol. The van der Waals surface area contributed by atoms with Gasteiger partial charge < -0.3 is 5.73 Å². The number of nitrogen functional groups attached to an aromatic ring is 1. The van der Waals surface area contributed by atoms with Gasteiger partial charge >= 0.3 is 0 Å². The zero-order valence-corrected chi connectivity index (χ0v) is 8.66. The average Bonchev–Trinajstić information content (AvgIpc) is 2.74. The highest BCUT2D eigenvalue weighted by atomic mass is 16.1. The Morgan fingerprint density at radius 3 is 3.06 bits per heavy atom. The van der Waals surface area contributed by atoms with E-state index in [1.54, 1.807) is 23.0 Å². The maximum atomic E-state index is 11.6. The van der Waals surface area contributed by atoms with Crippen LogP contribution >= 0.6 is 0 Å². The van der Waals surface area contributed by atoms with Crippen LogP contribution in [0.2, 0.25) is 0 Å². The fourth-order valence-corrected chi connectivity index (χ4v) is 1.61. The van der Waals surface area contributed by atoms with E-state index in [2.05, 4.69) is 19.9 Å². The Morgan fingerprint density at radius 1 is 1.41 bits per heavy atom. The number of hydrogen-bond acceptors (Lipinski definition) is 5. The van der Waals surface area contributed by atoms with Crippen LogP contribution in [-0.2, 0) is 0 Å². The molecule has 7 heteroatoms. The molecule has 0 atom stereocenters. The van der Waals surface area contributed by atoms with E-state index in [4.69, 9.17) is 5.73 Å². The van der Waals surface area contributed by atoms with Crippen LogP contribution in [0.25, 0.3) is 16.9 Å². The van der Waals surface area contributed by atoms with Gasteiger partial charge in [0.1, 0.15) is 6.33 Å². The predicted octanol–water partition coefficient (Wildman–Crippen LogP) is 0.0860. The first-order chi connectivity index (χ1) is 8.25. The summed E-state index contributed by atoms with van der Waals surface area (Å²) in [5, 5.41) is 0. The Balaban J connectivity index is 2.36. The van der Waals surface area contributed by atoms with Crippen molar-refractivity contribution in [2.75, 3.05) is 5.73 Å². The second-order valence-corrected chi connectivity index (χ2v) is 3.45. The van der Waals surface area contributed by atoms with Gasteiger partial charge in [-0.1, -0.05) is 0 Å². The van der Waals surface area contributed by atoms with Gasteiger partial charge in [0.2, 0.25) is 5.95 Å². The lowest BCUT2D eigenvalue weighted by Gasteiger charge is -2.01. The predicted molar refractivity (Wildman–Crippen MR) is 61.7 cm³/mol. The lowest BCUT2D eigenvalue weighted by atomic mass is 10.4. The first-order valence-corrected chi connectivity index (χ1v) is 4.89. The molecule has 3 N–H and O–H groups in total. The number of nitrogens with zero attached hydrogens (tertiary/aromatic N) is 4. The Kier molecular flexibility index (Phi) is 1.91. The van der Waals surface area contributed by atoms with E-state index in [0.29, 0.717) is 5.65 Å². The van der Waals surface area contributed by atoms with Gasteiger partial charge in [0.15, 0.2) is 11.2 Å². The molecule has 0 aliphatic heterocycles. The molecule has 3 rings (SSSR count). The zero-order valence-electron chi connectivity index (χ0n) is 8.66. The molecule has 0 unspecified atom stereocenters. The number of nitrogens with one attached hydrogen (secondary N) is 1. The molecule has 0 spiro atoms. The number of fused-ring (bicyclic) bond motifs is 1. The first-order valence-electron chi connectivity index (χ1n) is 4.89. The van der Waals surface area contributed by atoms with Crippen LogP contribution in [0.4, 0.5) is 5.95 Å². The van der Waals surface area contributed by atoms with Crippen molar-refractivity contribution < 1.29 is 0 Å². The Morgan fingerprint density at radius 2 is 2.29 bits per heavy atom. The van der Waals surface area contributed by atoms with Crippen LogP contribution in [0.15, 0.2) is 35.6 Å².